The van der Waals surface area contributed by atoms with Gasteiger partial charge in [-0.15, -0.1) is 0 Å². The van der Waals surface area contributed by atoms with E-state index < -0.39 is 34.3 Å². The van der Waals surface area contributed by atoms with Crippen molar-refractivity contribution in [3.05, 3.63) is 95.8 Å². The molecule has 3 rings (SSSR count). The molecule has 0 aliphatic heterocycles. The van der Waals surface area contributed by atoms with Crippen molar-refractivity contribution in [3.8, 4) is 0 Å². The highest BCUT2D eigenvalue weighted by Crippen LogP contribution is 2.27. The van der Waals surface area contributed by atoms with Crippen LogP contribution < -0.4 is 9.62 Å². The number of halogens is 1. The van der Waals surface area contributed by atoms with E-state index in [1.807, 2.05) is 6.92 Å². The summed E-state index contributed by atoms with van der Waals surface area (Å²) in [5.74, 6) is -1.32. The Hall–Kier alpha value is -3.72. The minimum Gasteiger partial charge on any atom is -0.354 e. The van der Waals surface area contributed by atoms with Crippen molar-refractivity contribution in [2.45, 2.75) is 51.1 Å². The molecule has 202 valence electrons. The summed E-state index contributed by atoms with van der Waals surface area (Å²) in [6, 6.07) is 19.6. The summed E-state index contributed by atoms with van der Waals surface area (Å²) in [5, 5.41) is 2.84. The zero-order valence-electron chi connectivity index (χ0n) is 21.9. The zero-order valence-corrected chi connectivity index (χ0v) is 22.7. The Balaban J connectivity index is 1.99. The smallest absolute Gasteiger partial charge is 0.264 e. The van der Waals surface area contributed by atoms with Crippen molar-refractivity contribution in [2.75, 3.05) is 17.4 Å². The number of anilines is 1. The highest BCUT2D eigenvalue weighted by atomic mass is 32.2. The van der Waals surface area contributed by atoms with Crippen LogP contribution in [0.4, 0.5) is 10.1 Å². The Morgan fingerprint density at radius 3 is 2.21 bits per heavy atom. The summed E-state index contributed by atoms with van der Waals surface area (Å²) in [5.41, 5.74) is 1.66. The fourth-order valence-corrected chi connectivity index (χ4v) is 5.48. The quantitative estimate of drug-likeness (QED) is 0.339. The van der Waals surface area contributed by atoms with Crippen molar-refractivity contribution in [1.82, 2.24) is 10.2 Å². The highest BCUT2D eigenvalue weighted by molar-refractivity contribution is 7.92. The van der Waals surface area contributed by atoms with Crippen molar-refractivity contribution in [3.63, 3.8) is 0 Å². The number of carbonyl (C=O) groups excluding carboxylic acids is 2. The van der Waals surface area contributed by atoms with Crippen LogP contribution in [-0.4, -0.2) is 44.3 Å². The number of benzene rings is 3. The number of unbranched alkanes of at least 4 members (excludes halogenated alkanes) is 1. The SMILES string of the molecule is CCCCNC(=O)[C@@H](C)N(Cc1ccc(F)cc1)C(=O)CN(c1ccccc1C)S(=O)(=O)c1ccccc1. The Bertz CT molecular complexity index is 1330. The summed E-state index contributed by atoms with van der Waals surface area (Å²) in [7, 11) is -4.11. The van der Waals surface area contributed by atoms with Gasteiger partial charge in [-0.05, 0) is 61.7 Å². The molecule has 0 spiro atoms. The van der Waals surface area contributed by atoms with Crippen LogP contribution in [0.3, 0.4) is 0 Å². The summed E-state index contributed by atoms with van der Waals surface area (Å²) < 4.78 is 42.1. The molecule has 3 aromatic rings. The number of para-hydroxylation sites is 1. The van der Waals surface area contributed by atoms with Gasteiger partial charge in [0.15, 0.2) is 0 Å². The molecule has 0 unspecified atom stereocenters. The Labute approximate surface area is 224 Å². The van der Waals surface area contributed by atoms with Crippen LogP contribution >= 0.6 is 0 Å². The standard InChI is InChI=1S/C29H34FN3O4S/c1-4-5-19-31-29(35)23(3)32(20-24-15-17-25(30)18-16-24)28(34)21-33(27-14-10-9-11-22(27)2)38(36,37)26-12-7-6-8-13-26/h6-18,23H,4-5,19-21H2,1-3H3,(H,31,35)/t23-/m1/s1. The predicted molar refractivity (Wildman–Crippen MR) is 146 cm³/mol. The first-order chi connectivity index (χ1) is 18.1. The molecular weight excluding hydrogens is 505 g/mol. The molecule has 0 fully saturated rings. The van der Waals surface area contributed by atoms with Gasteiger partial charge < -0.3 is 10.2 Å². The monoisotopic (exact) mass is 539 g/mol. The third-order valence-corrected chi connectivity index (χ3v) is 8.03. The van der Waals surface area contributed by atoms with E-state index in [0.717, 1.165) is 17.1 Å². The molecule has 3 aromatic carbocycles. The van der Waals surface area contributed by atoms with Gasteiger partial charge in [-0.1, -0.05) is 61.9 Å². The third-order valence-electron chi connectivity index (χ3n) is 6.26. The topological polar surface area (TPSA) is 86.8 Å². The molecule has 0 aliphatic rings. The first kappa shape index (κ1) is 28.8. The Morgan fingerprint density at radius 2 is 1.58 bits per heavy atom. The first-order valence-corrected chi connectivity index (χ1v) is 14.0. The molecule has 38 heavy (non-hydrogen) atoms. The van der Waals surface area contributed by atoms with Gasteiger partial charge in [0.25, 0.3) is 10.0 Å². The van der Waals surface area contributed by atoms with Crippen LogP contribution in [0.15, 0.2) is 83.8 Å². The lowest BCUT2D eigenvalue weighted by molar-refractivity contribution is -0.139. The van der Waals surface area contributed by atoms with Crippen LogP contribution in [0.25, 0.3) is 0 Å². The number of nitrogens with one attached hydrogen (secondary N) is 1. The molecule has 1 atom stereocenters. The van der Waals surface area contributed by atoms with Gasteiger partial charge in [0.2, 0.25) is 11.8 Å². The average molecular weight is 540 g/mol. The van der Waals surface area contributed by atoms with E-state index in [0.29, 0.717) is 23.4 Å². The lowest BCUT2D eigenvalue weighted by Crippen LogP contribution is -2.51. The molecule has 0 bridgehead atoms. The predicted octanol–water partition coefficient (Wildman–Crippen LogP) is 4.66. The summed E-state index contributed by atoms with van der Waals surface area (Å²) in [4.78, 5) is 28.1. The van der Waals surface area contributed by atoms with Gasteiger partial charge in [0.05, 0.1) is 10.6 Å². The molecule has 0 aliphatic carbocycles. The van der Waals surface area contributed by atoms with E-state index in [4.69, 9.17) is 0 Å². The van der Waals surface area contributed by atoms with Gasteiger partial charge in [-0.2, -0.15) is 0 Å². The second kappa shape index (κ2) is 13.2. The number of amides is 2. The molecule has 1 N–H and O–H groups in total. The van der Waals surface area contributed by atoms with E-state index in [9.17, 15) is 22.4 Å². The van der Waals surface area contributed by atoms with Crippen LogP contribution in [0.1, 0.15) is 37.8 Å². The number of aryl methyl sites for hydroxylation is 1. The number of hydrogen-bond acceptors (Lipinski definition) is 4. The molecule has 0 aromatic heterocycles. The number of carbonyl (C=O) groups is 2. The molecule has 2 amide bonds. The zero-order chi connectivity index (χ0) is 27.7. The van der Waals surface area contributed by atoms with Gasteiger partial charge in [0.1, 0.15) is 18.4 Å². The maximum absolute atomic E-state index is 13.8. The Morgan fingerprint density at radius 1 is 0.947 bits per heavy atom. The second-order valence-electron chi connectivity index (χ2n) is 9.08. The van der Waals surface area contributed by atoms with Gasteiger partial charge in [-0.25, -0.2) is 12.8 Å². The van der Waals surface area contributed by atoms with Gasteiger partial charge in [0, 0.05) is 13.1 Å². The number of hydrogen-bond donors (Lipinski definition) is 1. The normalized spacial score (nSPS) is 12.0. The minimum absolute atomic E-state index is 0.00841. The fraction of sp³-hybridized carbons (Fsp3) is 0.310. The van der Waals surface area contributed by atoms with Crippen molar-refractivity contribution in [1.29, 1.82) is 0 Å². The fourth-order valence-electron chi connectivity index (χ4n) is 3.98. The van der Waals surface area contributed by atoms with Crippen LogP contribution in [0, 0.1) is 12.7 Å². The van der Waals surface area contributed by atoms with Crippen molar-refractivity contribution < 1.29 is 22.4 Å². The summed E-state index contributed by atoms with van der Waals surface area (Å²) >= 11 is 0. The molecular formula is C29H34FN3O4S. The lowest BCUT2D eigenvalue weighted by Gasteiger charge is -2.32. The van der Waals surface area contributed by atoms with E-state index in [1.165, 1.54) is 41.3 Å². The minimum atomic E-state index is -4.11. The lowest BCUT2D eigenvalue weighted by atomic mass is 10.1. The Kier molecular flexibility index (Phi) is 10.0. The average Bonchev–Trinajstić information content (AvgIpc) is 2.92. The van der Waals surface area contributed by atoms with E-state index in [2.05, 4.69) is 5.32 Å². The number of nitrogens with zero attached hydrogens (tertiary/aromatic N) is 2. The van der Waals surface area contributed by atoms with Crippen LogP contribution in [-0.2, 0) is 26.2 Å². The van der Waals surface area contributed by atoms with Crippen molar-refractivity contribution in [2.24, 2.45) is 0 Å². The molecule has 9 heteroatoms. The van der Waals surface area contributed by atoms with Gasteiger partial charge >= 0.3 is 0 Å². The van der Waals surface area contributed by atoms with Crippen LogP contribution in [0.5, 0.6) is 0 Å². The van der Waals surface area contributed by atoms with Gasteiger partial charge in [-0.3, -0.25) is 13.9 Å². The third kappa shape index (κ3) is 7.19. The van der Waals surface area contributed by atoms with Crippen LogP contribution in [0.2, 0.25) is 0 Å². The summed E-state index contributed by atoms with van der Waals surface area (Å²) in [6.07, 6.45) is 1.69. The second-order valence-corrected chi connectivity index (χ2v) is 10.9. The first-order valence-electron chi connectivity index (χ1n) is 12.6. The molecule has 0 saturated heterocycles. The van der Waals surface area contributed by atoms with E-state index in [1.54, 1.807) is 56.3 Å². The largest absolute Gasteiger partial charge is 0.354 e. The van der Waals surface area contributed by atoms with E-state index in [-0.39, 0.29) is 17.3 Å². The molecule has 7 nitrogen and oxygen atoms in total. The number of sulfonamides is 1. The van der Waals surface area contributed by atoms with E-state index >= 15 is 0 Å². The van der Waals surface area contributed by atoms with Crippen molar-refractivity contribution >= 4 is 27.5 Å². The molecule has 0 radical (unpaired) electrons. The molecule has 0 saturated carbocycles. The maximum atomic E-state index is 13.8. The highest BCUT2D eigenvalue weighted by Gasteiger charge is 2.32. The summed E-state index contributed by atoms with van der Waals surface area (Å²) in [6.45, 7) is 5.34. The molecule has 0 heterocycles. The number of rotatable bonds is 12. The maximum Gasteiger partial charge on any atom is 0.264 e.